The Morgan fingerprint density at radius 2 is 1.95 bits per heavy atom. The van der Waals surface area contributed by atoms with E-state index in [0.717, 1.165) is 5.56 Å². The zero-order chi connectivity index (χ0) is 15.2. The molecule has 21 heavy (non-hydrogen) atoms. The number of benzene rings is 1. The summed E-state index contributed by atoms with van der Waals surface area (Å²) in [4.78, 5) is 11.8. The number of amides is 1. The number of nitrogens with two attached hydrogens (primary N) is 1. The summed E-state index contributed by atoms with van der Waals surface area (Å²) < 4.78 is 33.4. The van der Waals surface area contributed by atoms with Gasteiger partial charge < -0.3 is 20.2 Å². The molecule has 1 aromatic heterocycles. The first-order valence-corrected chi connectivity index (χ1v) is 6.19. The standard InChI is InChI=1S/C14H14F2N2O3/c15-14(16)21-10-3-1-9(2-4-10)8-18-13(19)12-6-5-11(7-17)20-12/h1-6,14H,7-8,17H2,(H,18,19). The fourth-order valence-corrected chi connectivity index (χ4v) is 1.67. The van der Waals surface area contributed by atoms with Crippen molar-refractivity contribution in [2.45, 2.75) is 19.7 Å². The van der Waals surface area contributed by atoms with Crippen molar-refractivity contribution in [3.63, 3.8) is 0 Å². The third kappa shape index (κ3) is 4.28. The molecule has 0 fully saturated rings. The summed E-state index contributed by atoms with van der Waals surface area (Å²) in [6.45, 7) is -2.39. The molecule has 2 rings (SSSR count). The lowest BCUT2D eigenvalue weighted by molar-refractivity contribution is -0.0498. The largest absolute Gasteiger partial charge is 0.455 e. The summed E-state index contributed by atoms with van der Waals surface area (Å²) in [6, 6.07) is 9.17. The van der Waals surface area contributed by atoms with Gasteiger partial charge in [0.1, 0.15) is 11.5 Å². The summed E-state index contributed by atoms with van der Waals surface area (Å²) in [5.74, 6) is 0.392. The second-order valence-corrected chi connectivity index (χ2v) is 4.18. The van der Waals surface area contributed by atoms with Gasteiger partial charge in [0, 0.05) is 6.54 Å². The van der Waals surface area contributed by atoms with Gasteiger partial charge in [-0.1, -0.05) is 12.1 Å². The molecule has 1 aromatic carbocycles. The molecule has 0 atom stereocenters. The molecule has 0 aliphatic heterocycles. The molecular weight excluding hydrogens is 282 g/mol. The number of alkyl halides is 2. The topological polar surface area (TPSA) is 77.5 Å². The first-order valence-electron chi connectivity index (χ1n) is 6.19. The van der Waals surface area contributed by atoms with E-state index in [1.807, 2.05) is 0 Å². The van der Waals surface area contributed by atoms with Gasteiger partial charge in [-0.25, -0.2) is 0 Å². The number of hydrogen-bond donors (Lipinski definition) is 2. The summed E-state index contributed by atoms with van der Waals surface area (Å²) in [5.41, 5.74) is 6.13. The highest BCUT2D eigenvalue weighted by molar-refractivity contribution is 5.91. The van der Waals surface area contributed by atoms with Gasteiger partial charge in [0.05, 0.1) is 6.54 Å². The number of rotatable bonds is 6. The van der Waals surface area contributed by atoms with Crippen LogP contribution >= 0.6 is 0 Å². The second kappa shape index (κ2) is 6.85. The Balaban J connectivity index is 1.88. The molecule has 7 heteroatoms. The Kier molecular flexibility index (Phi) is 4.89. The summed E-state index contributed by atoms with van der Waals surface area (Å²) in [5, 5.41) is 2.65. The van der Waals surface area contributed by atoms with Crippen molar-refractivity contribution in [2.24, 2.45) is 5.73 Å². The van der Waals surface area contributed by atoms with Crippen LogP contribution in [0.4, 0.5) is 8.78 Å². The maximum atomic E-state index is 12.0. The number of ether oxygens (including phenoxy) is 1. The van der Waals surface area contributed by atoms with Gasteiger partial charge in [0.25, 0.3) is 5.91 Å². The lowest BCUT2D eigenvalue weighted by Gasteiger charge is -2.06. The average molecular weight is 296 g/mol. The van der Waals surface area contributed by atoms with Gasteiger partial charge >= 0.3 is 6.61 Å². The molecule has 0 saturated carbocycles. The minimum absolute atomic E-state index is 0.0682. The molecule has 0 aliphatic carbocycles. The quantitative estimate of drug-likeness (QED) is 0.857. The van der Waals surface area contributed by atoms with Gasteiger partial charge in [-0.15, -0.1) is 0 Å². The van der Waals surface area contributed by atoms with Gasteiger partial charge in [-0.2, -0.15) is 8.78 Å². The Morgan fingerprint density at radius 3 is 2.52 bits per heavy atom. The average Bonchev–Trinajstić information content (AvgIpc) is 2.94. The Bertz CT molecular complexity index is 597. The zero-order valence-electron chi connectivity index (χ0n) is 11.0. The molecular formula is C14H14F2N2O3. The number of carbonyl (C=O) groups is 1. The highest BCUT2D eigenvalue weighted by Crippen LogP contribution is 2.15. The van der Waals surface area contributed by atoms with E-state index in [4.69, 9.17) is 10.2 Å². The van der Waals surface area contributed by atoms with E-state index in [1.165, 1.54) is 18.2 Å². The van der Waals surface area contributed by atoms with Crippen LogP contribution in [0, 0.1) is 0 Å². The van der Waals surface area contributed by atoms with Crippen LogP contribution in [0.15, 0.2) is 40.8 Å². The highest BCUT2D eigenvalue weighted by Gasteiger charge is 2.10. The van der Waals surface area contributed by atoms with Gasteiger partial charge in [0.2, 0.25) is 0 Å². The summed E-state index contributed by atoms with van der Waals surface area (Å²) in [7, 11) is 0. The molecule has 1 amide bonds. The SMILES string of the molecule is NCc1ccc(C(=O)NCc2ccc(OC(F)F)cc2)o1. The molecule has 0 saturated heterocycles. The zero-order valence-corrected chi connectivity index (χ0v) is 11.0. The van der Waals surface area contributed by atoms with E-state index in [1.54, 1.807) is 18.2 Å². The second-order valence-electron chi connectivity index (χ2n) is 4.18. The maximum absolute atomic E-state index is 12.0. The Labute approximate surface area is 119 Å². The Hall–Kier alpha value is -2.41. The molecule has 0 aliphatic rings. The van der Waals surface area contributed by atoms with Crippen molar-refractivity contribution in [3.05, 3.63) is 53.5 Å². The Morgan fingerprint density at radius 1 is 1.24 bits per heavy atom. The van der Waals surface area contributed by atoms with Crippen LogP contribution < -0.4 is 15.8 Å². The molecule has 0 bridgehead atoms. The molecule has 0 unspecified atom stereocenters. The third-order valence-electron chi connectivity index (χ3n) is 2.69. The first kappa shape index (κ1) is 15.0. The first-order chi connectivity index (χ1) is 10.1. The van der Waals surface area contributed by atoms with E-state index >= 15 is 0 Å². The number of carbonyl (C=O) groups excluding carboxylic acids is 1. The van der Waals surface area contributed by atoms with Gasteiger partial charge in [-0.3, -0.25) is 4.79 Å². The van der Waals surface area contributed by atoms with Crippen LogP contribution in [-0.2, 0) is 13.1 Å². The minimum Gasteiger partial charge on any atom is -0.455 e. The van der Waals surface area contributed by atoms with Crippen LogP contribution in [0.25, 0.3) is 0 Å². The summed E-state index contributed by atoms with van der Waals surface area (Å²) >= 11 is 0. The lowest BCUT2D eigenvalue weighted by atomic mass is 10.2. The van der Waals surface area contributed by atoms with Crippen molar-refractivity contribution < 1.29 is 22.7 Å². The number of furan rings is 1. The van der Waals surface area contributed by atoms with Crippen molar-refractivity contribution in [2.75, 3.05) is 0 Å². The molecule has 112 valence electrons. The van der Waals surface area contributed by atoms with Crippen LogP contribution in [0.1, 0.15) is 21.9 Å². The monoisotopic (exact) mass is 296 g/mol. The van der Waals surface area contributed by atoms with E-state index < -0.39 is 6.61 Å². The van der Waals surface area contributed by atoms with Crippen molar-refractivity contribution >= 4 is 5.91 Å². The van der Waals surface area contributed by atoms with E-state index in [9.17, 15) is 13.6 Å². The van der Waals surface area contributed by atoms with E-state index in [-0.39, 0.29) is 30.5 Å². The van der Waals surface area contributed by atoms with Crippen LogP contribution in [0.5, 0.6) is 5.75 Å². The van der Waals surface area contributed by atoms with E-state index in [0.29, 0.717) is 5.76 Å². The van der Waals surface area contributed by atoms with Crippen LogP contribution in [0.2, 0.25) is 0 Å². The molecule has 3 N–H and O–H groups in total. The predicted octanol–water partition coefficient (Wildman–Crippen LogP) is 2.27. The van der Waals surface area contributed by atoms with Crippen molar-refractivity contribution in [1.29, 1.82) is 0 Å². The number of halogens is 2. The maximum Gasteiger partial charge on any atom is 0.387 e. The molecule has 0 radical (unpaired) electrons. The van der Waals surface area contributed by atoms with Crippen LogP contribution in [-0.4, -0.2) is 12.5 Å². The fraction of sp³-hybridized carbons (Fsp3) is 0.214. The van der Waals surface area contributed by atoms with Crippen LogP contribution in [0.3, 0.4) is 0 Å². The molecule has 1 heterocycles. The van der Waals surface area contributed by atoms with Crippen molar-refractivity contribution in [1.82, 2.24) is 5.32 Å². The van der Waals surface area contributed by atoms with Crippen molar-refractivity contribution in [3.8, 4) is 5.75 Å². The minimum atomic E-state index is -2.86. The highest BCUT2D eigenvalue weighted by atomic mass is 19.3. The molecule has 0 spiro atoms. The number of hydrogen-bond acceptors (Lipinski definition) is 4. The summed E-state index contributed by atoms with van der Waals surface area (Å²) in [6.07, 6.45) is 0. The fourth-order valence-electron chi connectivity index (χ4n) is 1.67. The molecule has 2 aromatic rings. The van der Waals surface area contributed by atoms with E-state index in [2.05, 4.69) is 10.1 Å². The number of nitrogens with one attached hydrogen (secondary N) is 1. The van der Waals surface area contributed by atoms with Gasteiger partial charge in [0.15, 0.2) is 5.76 Å². The lowest BCUT2D eigenvalue weighted by Crippen LogP contribution is -2.22. The van der Waals surface area contributed by atoms with Gasteiger partial charge in [-0.05, 0) is 29.8 Å². The normalized spacial score (nSPS) is 10.7. The third-order valence-corrected chi connectivity index (χ3v) is 2.69. The predicted molar refractivity (Wildman–Crippen MR) is 70.8 cm³/mol. The smallest absolute Gasteiger partial charge is 0.387 e. The molecule has 5 nitrogen and oxygen atoms in total.